The minimum absolute atomic E-state index is 0.0711. The molecule has 0 aliphatic heterocycles. The highest BCUT2D eigenvalue weighted by atomic mass is 16.5. The zero-order valence-electron chi connectivity index (χ0n) is 8.93. The van der Waals surface area contributed by atoms with Crippen LogP contribution in [0.4, 0.5) is 0 Å². The Morgan fingerprint density at radius 3 is 2.80 bits per heavy atom. The maximum Gasteiger partial charge on any atom is 0.304 e. The van der Waals surface area contributed by atoms with Crippen molar-refractivity contribution >= 4 is 5.97 Å². The van der Waals surface area contributed by atoms with E-state index < -0.39 is 5.97 Å². The van der Waals surface area contributed by atoms with Gasteiger partial charge >= 0.3 is 5.97 Å². The van der Waals surface area contributed by atoms with E-state index in [-0.39, 0.29) is 12.3 Å². The monoisotopic (exact) mass is 209 g/mol. The lowest BCUT2D eigenvalue weighted by Crippen LogP contribution is -2.04. The number of carboxylic acid groups (broad SMARTS) is 1. The first-order valence-corrected chi connectivity index (χ1v) is 4.94. The molecule has 0 aliphatic carbocycles. The second-order valence-electron chi connectivity index (χ2n) is 3.35. The SMILES string of the molecule is CCOc1ccc(C(C)CC(=O)O)nc1. The van der Waals surface area contributed by atoms with Gasteiger partial charge in [-0.3, -0.25) is 9.78 Å². The second-order valence-corrected chi connectivity index (χ2v) is 3.35. The van der Waals surface area contributed by atoms with Crippen LogP contribution in [-0.4, -0.2) is 22.7 Å². The van der Waals surface area contributed by atoms with E-state index in [1.807, 2.05) is 19.9 Å². The largest absolute Gasteiger partial charge is 0.492 e. The number of carbonyl (C=O) groups is 1. The van der Waals surface area contributed by atoms with E-state index in [0.717, 1.165) is 5.69 Å². The molecule has 1 N–H and O–H groups in total. The predicted molar refractivity (Wildman–Crippen MR) is 56.1 cm³/mol. The molecule has 0 aromatic carbocycles. The molecule has 1 aromatic heterocycles. The maximum atomic E-state index is 10.5. The minimum atomic E-state index is -0.807. The van der Waals surface area contributed by atoms with Gasteiger partial charge in [-0.2, -0.15) is 0 Å². The van der Waals surface area contributed by atoms with E-state index in [4.69, 9.17) is 9.84 Å². The molecule has 0 aliphatic rings. The molecule has 1 atom stereocenters. The summed E-state index contributed by atoms with van der Waals surface area (Å²) in [6, 6.07) is 3.61. The van der Waals surface area contributed by atoms with Crippen LogP contribution in [0.25, 0.3) is 0 Å². The summed E-state index contributed by atoms with van der Waals surface area (Å²) >= 11 is 0. The van der Waals surface area contributed by atoms with Gasteiger partial charge < -0.3 is 9.84 Å². The normalized spacial score (nSPS) is 12.1. The van der Waals surface area contributed by atoms with Crippen LogP contribution in [-0.2, 0) is 4.79 Å². The molecule has 1 rings (SSSR count). The first kappa shape index (κ1) is 11.5. The van der Waals surface area contributed by atoms with Gasteiger partial charge in [0, 0.05) is 11.6 Å². The number of aromatic nitrogens is 1. The Morgan fingerprint density at radius 2 is 2.33 bits per heavy atom. The molecule has 0 saturated carbocycles. The fraction of sp³-hybridized carbons (Fsp3) is 0.455. The Kier molecular flexibility index (Phi) is 4.09. The van der Waals surface area contributed by atoms with Crippen molar-refractivity contribution < 1.29 is 14.6 Å². The molecule has 4 heteroatoms. The Hall–Kier alpha value is -1.58. The Labute approximate surface area is 88.9 Å². The number of hydrogen-bond acceptors (Lipinski definition) is 3. The van der Waals surface area contributed by atoms with Crippen LogP contribution >= 0.6 is 0 Å². The van der Waals surface area contributed by atoms with Crippen LogP contribution in [0.15, 0.2) is 18.3 Å². The highest BCUT2D eigenvalue weighted by Gasteiger charge is 2.11. The minimum Gasteiger partial charge on any atom is -0.492 e. The van der Waals surface area contributed by atoms with E-state index in [9.17, 15) is 4.79 Å². The van der Waals surface area contributed by atoms with Gasteiger partial charge in [0.1, 0.15) is 5.75 Å². The molecular weight excluding hydrogens is 194 g/mol. The molecule has 82 valence electrons. The van der Waals surface area contributed by atoms with Gasteiger partial charge in [0.05, 0.1) is 19.2 Å². The van der Waals surface area contributed by atoms with Crippen molar-refractivity contribution in [1.82, 2.24) is 4.98 Å². The predicted octanol–water partition coefficient (Wildman–Crippen LogP) is 2.06. The maximum absolute atomic E-state index is 10.5. The zero-order chi connectivity index (χ0) is 11.3. The fourth-order valence-electron chi connectivity index (χ4n) is 1.30. The van der Waals surface area contributed by atoms with Crippen LogP contribution < -0.4 is 4.74 Å². The molecule has 0 radical (unpaired) electrons. The third-order valence-corrected chi connectivity index (χ3v) is 2.06. The molecule has 0 amide bonds. The lowest BCUT2D eigenvalue weighted by Gasteiger charge is -2.08. The number of carboxylic acids is 1. The lowest BCUT2D eigenvalue weighted by molar-refractivity contribution is -0.137. The van der Waals surface area contributed by atoms with Gasteiger partial charge in [-0.15, -0.1) is 0 Å². The fourth-order valence-corrected chi connectivity index (χ4v) is 1.30. The molecule has 4 nitrogen and oxygen atoms in total. The molecule has 0 spiro atoms. The lowest BCUT2D eigenvalue weighted by atomic mass is 10.0. The van der Waals surface area contributed by atoms with Crippen LogP contribution in [0.3, 0.4) is 0 Å². The highest BCUT2D eigenvalue weighted by molar-refractivity contribution is 5.67. The van der Waals surface area contributed by atoms with E-state index in [0.29, 0.717) is 12.4 Å². The summed E-state index contributed by atoms with van der Waals surface area (Å²) in [7, 11) is 0. The molecule has 1 aromatic rings. The van der Waals surface area contributed by atoms with Crippen LogP contribution in [0.2, 0.25) is 0 Å². The highest BCUT2D eigenvalue weighted by Crippen LogP contribution is 2.18. The summed E-state index contributed by atoms with van der Waals surface area (Å²) in [6.45, 7) is 4.35. The quantitative estimate of drug-likeness (QED) is 0.806. The van der Waals surface area contributed by atoms with E-state index in [2.05, 4.69) is 4.98 Å². The number of nitrogens with zero attached hydrogens (tertiary/aromatic N) is 1. The van der Waals surface area contributed by atoms with Crippen molar-refractivity contribution in [3.8, 4) is 5.75 Å². The zero-order valence-corrected chi connectivity index (χ0v) is 8.93. The van der Waals surface area contributed by atoms with E-state index >= 15 is 0 Å². The number of hydrogen-bond donors (Lipinski definition) is 1. The first-order chi connectivity index (χ1) is 7.13. The van der Waals surface area contributed by atoms with Crippen molar-refractivity contribution in [2.24, 2.45) is 0 Å². The first-order valence-electron chi connectivity index (χ1n) is 4.94. The standard InChI is InChI=1S/C11H15NO3/c1-3-15-9-4-5-10(12-7-9)8(2)6-11(13)14/h4-5,7-8H,3,6H2,1-2H3,(H,13,14). The van der Waals surface area contributed by atoms with Crippen LogP contribution in [0.5, 0.6) is 5.75 Å². The van der Waals surface area contributed by atoms with E-state index in [1.165, 1.54) is 0 Å². The Balaban J connectivity index is 2.66. The topological polar surface area (TPSA) is 59.4 Å². The van der Waals surface area contributed by atoms with Crippen LogP contribution in [0.1, 0.15) is 31.9 Å². The van der Waals surface area contributed by atoms with Gasteiger partial charge in [-0.05, 0) is 19.1 Å². The van der Waals surface area contributed by atoms with E-state index in [1.54, 1.807) is 12.3 Å². The van der Waals surface area contributed by atoms with Gasteiger partial charge in [0.2, 0.25) is 0 Å². The summed E-state index contributed by atoms with van der Waals surface area (Å²) in [5.74, 6) is -0.167. The number of aliphatic carboxylic acids is 1. The van der Waals surface area contributed by atoms with Crippen LogP contribution in [0, 0.1) is 0 Å². The third kappa shape index (κ3) is 3.58. The smallest absolute Gasteiger partial charge is 0.304 e. The summed E-state index contributed by atoms with van der Waals surface area (Å²) in [4.78, 5) is 14.7. The van der Waals surface area contributed by atoms with Crippen molar-refractivity contribution in [2.45, 2.75) is 26.2 Å². The Morgan fingerprint density at radius 1 is 1.60 bits per heavy atom. The molecule has 1 unspecified atom stereocenters. The van der Waals surface area contributed by atoms with Gasteiger partial charge in [0.15, 0.2) is 0 Å². The van der Waals surface area contributed by atoms with Gasteiger partial charge in [0.25, 0.3) is 0 Å². The molecule has 0 bridgehead atoms. The summed E-state index contributed by atoms with van der Waals surface area (Å²) in [5, 5.41) is 8.63. The molecule has 0 fully saturated rings. The summed E-state index contributed by atoms with van der Waals surface area (Å²) in [5.41, 5.74) is 0.779. The molecule has 1 heterocycles. The Bertz CT molecular complexity index is 321. The summed E-state index contributed by atoms with van der Waals surface area (Å²) < 4.78 is 5.24. The third-order valence-electron chi connectivity index (χ3n) is 2.06. The van der Waals surface area contributed by atoms with Crippen molar-refractivity contribution in [3.05, 3.63) is 24.0 Å². The van der Waals surface area contributed by atoms with Crippen molar-refractivity contribution in [2.75, 3.05) is 6.61 Å². The molecular formula is C11H15NO3. The second kappa shape index (κ2) is 5.34. The van der Waals surface area contributed by atoms with Gasteiger partial charge in [-0.25, -0.2) is 0 Å². The molecule has 15 heavy (non-hydrogen) atoms. The van der Waals surface area contributed by atoms with Gasteiger partial charge in [-0.1, -0.05) is 6.92 Å². The number of pyridine rings is 1. The summed E-state index contributed by atoms with van der Waals surface area (Å²) in [6.07, 6.45) is 1.72. The van der Waals surface area contributed by atoms with Crippen molar-refractivity contribution in [3.63, 3.8) is 0 Å². The average molecular weight is 209 g/mol. The molecule has 0 saturated heterocycles. The number of rotatable bonds is 5. The number of ether oxygens (including phenoxy) is 1. The van der Waals surface area contributed by atoms with Crippen molar-refractivity contribution in [1.29, 1.82) is 0 Å². The average Bonchev–Trinajstić information content (AvgIpc) is 2.18.